The van der Waals surface area contributed by atoms with Gasteiger partial charge >= 0.3 is 5.69 Å². The fourth-order valence-electron chi connectivity index (χ4n) is 1.88. The minimum Gasteiger partial charge on any atom is -0.306 e. The Morgan fingerprint density at radius 2 is 2.00 bits per heavy atom. The molecule has 0 atom stereocenters. The van der Waals surface area contributed by atoms with Crippen molar-refractivity contribution in [2.75, 3.05) is 0 Å². The Bertz CT molecular complexity index is 868. The van der Waals surface area contributed by atoms with E-state index in [1.807, 2.05) is 0 Å². The van der Waals surface area contributed by atoms with Crippen molar-refractivity contribution in [3.63, 3.8) is 0 Å². The second-order valence-electron chi connectivity index (χ2n) is 3.95. The lowest BCUT2D eigenvalue weighted by Gasteiger charge is -2.05. The van der Waals surface area contributed by atoms with Crippen LogP contribution in [0, 0.1) is 0 Å². The number of H-pyrrole nitrogens is 1. The molecule has 1 aromatic carbocycles. The number of hydrogen-bond donors (Lipinski definition) is 1. The summed E-state index contributed by atoms with van der Waals surface area (Å²) < 4.78 is 1.80. The van der Waals surface area contributed by atoms with Gasteiger partial charge in [-0.3, -0.25) is 4.79 Å². The van der Waals surface area contributed by atoms with Gasteiger partial charge in [0.05, 0.1) is 10.9 Å². The Morgan fingerprint density at radius 1 is 1.16 bits per heavy atom. The quantitative estimate of drug-likeness (QED) is 0.744. The van der Waals surface area contributed by atoms with E-state index in [2.05, 4.69) is 25.9 Å². The summed E-state index contributed by atoms with van der Waals surface area (Å²) in [6.45, 7) is 0. The molecule has 3 aromatic rings. The van der Waals surface area contributed by atoms with Gasteiger partial charge in [0.25, 0.3) is 5.56 Å². The van der Waals surface area contributed by atoms with Crippen LogP contribution in [0.2, 0.25) is 0 Å². The van der Waals surface area contributed by atoms with Crippen LogP contribution in [-0.4, -0.2) is 14.5 Å². The number of pyridine rings is 1. The fraction of sp³-hybridized carbons (Fsp3) is 0. The van der Waals surface area contributed by atoms with Crippen LogP contribution in [-0.2, 0) is 0 Å². The van der Waals surface area contributed by atoms with E-state index in [1.54, 1.807) is 36.4 Å². The third kappa shape index (κ3) is 2.00. The Kier molecular flexibility index (Phi) is 2.79. The molecule has 0 aliphatic carbocycles. The number of fused-ring (bicyclic) bond motifs is 1. The van der Waals surface area contributed by atoms with Crippen molar-refractivity contribution in [2.24, 2.45) is 0 Å². The van der Waals surface area contributed by atoms with Crippen LogP contribution in [0.5, 0.6) is 0 Å². The maximum absolute atomic E-state index is 12.4. The normalized spacial score (nSPS) is 10.8. The Hall–Kier alpha value is -2.21. The van der Waals surface area contributed by atoms with E-state index >= 15 is 0 Å². The molecule has 2 heterocycles. The van der Waals surface area contributed by atoms with Gasteiger partial charge in [0, 0.05) is 10.7 Å². The molecular weight excluding hydrogens is 310 g/mol. The van der Waals surface area contributed by atoms with Gasteiger partial charge in [-0.25, -0.2) is 14.3 Å². The molecule has 0 unspecified atom stereocenters. The number of nitrogens with one attached hydrogen (secondary N) is 1. The lowest BCUT2D eigenvalue weighted by atomic mass is 10.2. The second-order valence-corrected chi connectivity index (χ2v) is 4.86. The van der Waals surface area contributed by atoms with Crippen molar-refractivity contribution >= 4 is 26.8 Å². The molecule has 1 N–H and O–H groups in total. The molecule has 6 heteroatoms. The van der Waals surface area contributed by atoms with Gasteiger partial charge in [0.2, 0.25) is 0 Å². The number of rotatable bonds is 1. The lowest BCUT2D eigenvalue weighted by molar-refractivity contribution is 0.868. The highest BCUT2D eigenvalue weighted by Crippen LogP contribution is 2.14. The van der Waals surface area contributed by atoms with Crippen LogP contribution < -0.4 is 11.2 Å². The zero-order valence-corrected chi connectivity index (χ0v) is 11.2. The smallest absolute Gasteiger partial charge is 0.306 e. The summed E-state index contributed by atoms with van der Waals surface area (Å²) in [4.78, 5) is 31.1. The second kappa shape index (κ2) is 4.47. The van der Waals surface area contributed by atoms with E-state index in [9.17, 15) is 9.59 Å². The molecular formula is C13H8BrN3O2. The number of halogens is 1. The van der Waals surface area contributed by atoms with E-state index in [4.69, 9.17) is 0 Å². The lowest BCUT2D eigenvalue weighted by Crippen LogP contribution is -2.34. The number of aromatic amines is 1. The molecule has 0 aliphatic rings. The number of nitrogens with zero attached hydrogens (tertiary/aromatic N) is 2. The zero-order valence-electron chi connectivity index (χ0n) is 9.63. The molecule has 0 bridgehead atoms. The predicted octanol–water partition coefficient (Wildman–Crippen LogP) is 1.84. The van der Waals surface area contributed by atoms with Crippen molar-refractivity contribution in [1.29, 1.82) is 0 Å². The highest BCUT2D eigenvalue weighted by molar-refractivity contribution is 9.10. The largest absolute Gasteiger partial charge is 0.334 e. The number of benzene rings is 1. The summed E-state index contributed by atoms with van der Waals surface area (Å²) in [5, 5.41) is 0.430. The van der Waals surface area contributed by atoms with Crippen molar-refractivity contribution in [3.05, 3.63) is 67.9 Å². The van der Waals surface area contributed by atoms with Crippen LogP contribution in [0.15, 0.2) is 56.7 Å². The molecule has 19 heavy (non-hydrogen) atoms. The third-order valence-electron chi connectivity index (χ3n) is 2.74. The van der Waals surface area contributed by atoms with Crippen molar-refractivity contribution < 1.29 is 0 Å². The summed E-state index contributed by atoms with van der Waals surface area (Å²) in [5.74, 6) is 0.302. The summed E-state index contributed by atoms with van der Waals surface area (Å²) in [6, 6.07) is 10.2. The van der Waals surface area contributed by atoms with E-state index in [0.29, 0.717) is 16.7 Å². The molecule has 3 rings (SSSR count). The summed E-state index contributed by atoms with van der Waals surface area (Å²) in [6.07, 6.45) is 1.53. The Labute approximate surface area is 115 Å². The van der Waals surface area contributed by atoms with Gasteiger partial charge in [-0.05, 0) is 30.3 Å². The molecule has 5 nitrogen and oxygen atoms in total. The first-order chi connectivity index (χ1) is 9.16. The van der Waals surface area contributed by atoms with Crippen molar-refractivity contribution in [2.45, 2.75) is 0 Å². The number of aromatic nitrogens is 3. The van der Waals surface area contributed by atoms with Gasteiger partial charge in [0.15, 0.2) is 0 Å². The Balaban J connectivity index is 2.44. The molecule has 2 aromatic heterocycles. The molecule has 0 radical (unpaired) electrons. The van der Waals surface area contributed by atoms with E-state index in [0.717, 1.165) is 9.04 Å². The summed E-state index contributed by atoms with van der Waals surface area (Å²) >= 11 is 3.31. The maximum Gasteiger partial charge on any atom is 0.334 e. The highest BCUT2D eigenvalue weighted by Gasteiger charge is 2.10. The van der Waals surface area contributed by atoms with Crippen LogP contribution >= 0.6 is 15.9 Å². The first-order valence-electron chi connectivity index (χ1n) is 5.53. The first-order valence-corrected chi connectivity index (χ1v) is 6.32. The minimum absolute atomic E-state index is 0.302. The average molecular weight is 318 g/mol. The monoisotopic (exact) mass is 317 g/mol. The minimum atomic E-state index is -0.501. The summed E-state index contributed by atoms with van der Waals surface area (Å²) in [7, 11) is 0. The Morgan fingerprint density at radius 3 is 2.74 bits per heavy atom. The highest BCUT2D eigenvalue weighted by atomic mass is 79.9. The van der Waals surface area contributed by atoms with Gasteiger partial charge in [-0.2, -0.15) is 0 Å². The van der Waals surface area contributed by atoms with Crippen LogP contribution in [0.3, 0.4) is 0 Å². The molecule has 0 spiro atoms. The molecule has 94 valence electrons. The van der Waals surface area contributed by atoms with Crippen molar-refractivity contribution in [3.8, 4) is 5.82 Å². The van der Waals surface area contributed by atoms with Gasteiger partial charge in [-0.15, -0.1) is 0 Å². The fourth-order valence-corrected chi connectivity index (χ4v) is 2.24. The maximum atomic E-state index is 12.4. The molecule has 0 fully saturated rings. The first kappa shape index (κ1) is 11.9. The van der Waals surface area contributed by atoms with Gasteiger partial charge in [0.1, 0.15) is 5.82 Å². The summed E-state index contributed by atoms with van der Waals surface area (Å²) in [5.41, 5.74) is -0.386. The topological polar surface area (TPSA) is 67.8 Å². The van der Waals surface area contributed by atoms with Crippen LogP contribution in [0.4, 0.5) is 0 Å². The van der Waals surface area contributed by atoms with Crippen molar-refractivity contribution in [1.82, 2.24) is 14.5 Å². The van der Waals surface area contributed by atoms with E-state index in [-0.39, 0.29) is 0 Å². The molecule has 0 saturated heterocycles. The molecule has 0 saturated carbocycles. The zero-order chi connectivity index (χ0) is 13.4. The SMILES string of the molecule is O=c1[nH]c2ccc(Br)cc2c(=O)n1-c1ccccn1. The third-order valence-corrected chi connectivity index (χ3v) is 3.23. The van der Waals surface area contributed by atoms with E-state index in [1.165, 1.54) is 6.20 Å². The average Bonchev–Trinajstić information content (AvgIpc) is 2.41. The number of hydrogen-bond acceptors (Lipinski definition) is 3. The van der Waals surface area contributed by atoms with Crippen LogP contribution in [0.1, 0.15) is 0 Å². The predicted molar refractivity (Wildman–Crippen MR) is 75.7 cm³/mol. The van der Waals surface area contributed by atoms with Gasteiger partial charge in [-0.1, -0.05) is 22.0 Å². The van der Waals surface area contributed by atoms with Gasteiger partial charge < -0.3 is 4.98 Å². The molecule has 0 amide bonds. The standard InChI is InChI=1S/C13H8BrN3O2/c14-8-4-5-10-9(7-8)12(18)17(13(19)16-10)11-3-1-2-6-15-11/h1-7H,(H,16,19). The van der Waals surface area contributed by atoms with Crippen LogP contribution in [0.25, 0.3) is 16.7 Å². The van der Waals surface area contributed by atoms with E-state index < -0.39 is 11.2 Å². The molecule has 0 aliphatic heterocycles.